The van der Waals surface area contributed by atoms with Crippen molar-refractivity contribution in [2.45, 2.75) is 44.4 Å². The van der Waals surface area contributed by atoms with Crippen molar-refractivity contribution < 1.29 is 19.4 Å². The number of carbonyl (C=O) groups is 2. The van der Waals surface area contributed by atoms with E-state index in [1.165, 1.54) is 53.9 Å². The molecule has 1 aromatic heterocycles. The van der Waals surface area contributed by atoms with Gasteiger partial charge in [-0.25, -0.2) is 9.78 Å². The number of amides is 2. The molecule has 2 fully saturated rings. The first-order valence-corrected chi connectivity index (χ1v) is 11.4. The maximum absolute atomic E-state index is 12.5. The lowest BCUT2D eigenvalue weighted by molar-refractivity contribution is -0.119. The summed E-state index contributed by atoms with van der Waals surface area (Å²) < 4.78 is 5.56. The molecule has 2 aliphatic rings. The maximum atomic E-state index is 12.5. The van der Waals surface area contributed by atoms with Crippen molar-refractivity contribution in [3.05, 3.63) is 29.1 Å². The van der Waals surface area contributed by atoms with Gasteiger partial charge < -0.3 is 20.1 Å². The van der Waals surface area contributed by atoms with Gasteiger partial charge in [-0.3, -0.25) is 4.79 Å². The SMILES string of the molecule is COc1ccc(C2CCCCC2)cc1-c1csc(NC(=O)C2CCN(C(=O)O)C2)n1. The van der Waals surface area contributed by atoms with Gasteiger partial charge >= 0.3 is 6.09 Å². The standard InChI is InChI=1S/C22H27N3O4S/c1-29-19-8-7-15(14-5-3-2-4-6-14)11-17(19)18-13-30-21(23-18)24-20(26)16-9-10-25(12-16)22(27)28/h7-8,11,13-14,16H,2-6,9-10,12H2,1H3,(H,27,28)(H,23,24,26). The van der Waals surface area contributed by atoms with Crippen LogP contribution in [0.5, 0.6) is 5.75 Å². The Balaban J connectivity index is 1.49. The second-order valence-corrected chi connectivity index (χ2v) is 8.89. The van der Waals surface area contributed by atoms with Crippen LogP contribution in [0.15, 0.2) is 23.6 Å². The molecule has 7 nitrogen and oxygen atoms in total. The summed E-state index contributed by atoms with van der Waals surface area (Å²) in [6, 6.07) is 6.34. The van der Waals surface area contributed by atoms with E-state index < -0.39 is 6.09 Å². The molecule has 30 heavy (non-hydrogen) atoms. The minimum atomic E-state index is -0.980. The zero-order chi connectivity index (χ0) is 21.1. The molecule has 4 rings (SSSR count). The average molecular weight is 430 g/mol. The minimum Gasteiger partial charge on any atom is -0.496 e. The fraction of sp³-hybridized carbons (Fsp3) is 0.500. The second kappa shape index (κ2) is 9.04. The van der Waals surface area contributed by atoms with Crippen LogP contribution in [0.3, 0.4) is 0 Å². The van der Waals surface area contributed by atoms with Gasteiger partial charge in [0.2, 0.25) is 5.91 Å². The van der Waals surface area contributed by atoms with Gasteiger partial charge in [-0.2, -0.15) is 0 Å². The number of carbonyl (C=O) groups excluding carboxylic acids is 1. The molecule has 8 heteroatoms. The minimum absolute atomic E-state index is 0.178. The van der Waals surface area contributed by atoms with Gasteiger partial charge in [0.1, 0.15) is 5.75 Å². The third kappa shape index (κ3) is 4.43. The molecule has 1 unspecified atom stereocenters. The van der Waals surface area contributed by atoms with Gasteiger partial charge in [0, 0.05) is 24.0 Å². The van der Waals surface area contributed by atoms with Crippen LogP contribution in [0.1, 0.15) is 50.0 Å². The van der Waals surface area contributed by atoms with E-state index in [9.17, 15) is 9.59 Å². The molecule has 160 valence electrons. The molecule has 1 saturated heterocycles. The van der Waals surface area contributed by atoms with Crippen molar-refractivity contribution in [3.63, 3.8) is 0 Å². The number of thiazole rings is 1. The molecule has 0 bridgehead atoms. The largest absolute Gasteiger partial charge is 0.496 e. The van der Waals surface area contributed by atoms with Crippen molar-refractivity contribution in [2.75, 3.05) is 25.5 Å². The first-order valence-electron chi connectivity index (χ1n) is 10.5. The Hall–Kier alpha value is -2.61. The molecule has 1 saturated carbocycles. The van der Waals surface area contributed by atoms with E-state index in [-0.39, 0.29) is 18.4 Å². The predicted molar refractivity (Wildman–Crippen MR) is 116 cm³/mol. The van der Waals surface area contributed by atoms with E-state index in [0.717, 1.165) is 17.0 Å². The quantitative estimate of drug-likeness (QED) is 0.712. The number of benzene rings is 1. The lowest BCUT2D eigenvalue weighted by Gasteiger charge is -2.22. The number of likely N-dealkylation sites (tertiary alicyclic amines) is 1. The number of hydrogen-bond acceptors (Lipinski definition) is 5. The van der Waals surface area contributed by atoms with Crippen LogP contribution in [0.25, 0.3) is 11.3 Å². The van der Waals surface area contributed by atoms with Gasteiger partial charge in [0.25, 0.3) is 0 Å². The van der Waals surface area contributed by atoms with Crippen molar-refractivity contribution in [1.82, 2.24) is 9.88 Å². The van der Waals surface area contributed by atoms with Crippen molar-refractivity contribution in [3.8, 4) is 17.0 Å². The molecule has 1 aromatic carbocycles. The topological polar surface area (TPSA) is 91.8 Å². The molecule has 1 aliphatic heterocycles. The van der Waals surface area contributed by atoms with Crippen molar-refractivity contribution in [1.29, 1.82) is 0 Å². The summed E-state index contributed by atoms with van der Waals surface area (Å²) in [5.74, 6) is 0.839. The van der Waals surface area contributed by atoms with Crippen LogP contribution >= 0.6 is 11.3 Å². The fourth-order valence-electron chi connectivity index (χ4n) is 4.43. The molecule has 2 aromatic rings. The van der Waals surface area contributed by atoms with E-state index in [0.29, 0.717) is 24.0 Å². The van der Waals surface area contributed by atoms with Gasteiger partial charge in [0.15, 0.2) is 5.13 Å². The molecule has 1 atom stereocenters. The monoisotopic (exact) mass is 429 g/mol. The molecule has 0 spiro atoms. The van der Waals surface area contributed by atoms with E-state index in [4.69, 9.17) is 9.84 Å². The number of ether oxygens (including phenoxy) is 1. The lowest BCUT2D eigenvalue weighted by Crippen LogP contribution is -2.30. The Labute approximate surface area is 180 Å². The van der Waals surface area contributed by atoms with Gasteiger partial charge in [0.05, 0.1) is 18.7 Å². The predicted octanol–water partition coefficient (Wildman–Crippen LogP) is 4.80. The van der Waals surface area contributed by atoms with Crippen LogP contribution in [-0.2, 0) is 4.79 Å². The molecule has 2 heterocycles. The second-order valence-electron chi connectivity index (χ2n) is 8.04. The van der Waals surface area contributed by atoms with E-state index in [1.54, 1.807) is 7.11 Å². The Bertz CT molecular complexity index is 923. The summed E-state index contributed by atoms with van der Waals surface area (Å²) in [7, 11) is 1.66. The summed E-state index contributed by atoms with van der Waals surface area (Å²) in [6.07, 6.45) is 5.87. The Kier molecular flexibility index (Phi) is 6.22. The average Bonchev–Trinajstić information content (AvgIpc) is 3.44. The number of rotatable bonds is 5. The van der Waals surface area contributed by atoms with Gasteiger partial charge in [-0.05, 0) is 42.9 Å². The number of nitrogens with zero attached hydrogens (tertiary/aromatic N) is 2. The molecular formula is C22H27N3O4S. The number of nitrogens with one attached hydrogen (secondary N) is 1. The number of aromatic nitrogens is 1. The highest BCUT2D eigenvalue weighted by Crippen LogP contribution is 2.38. The highest BCUT2D eigenvalue weighted by atomic mass is 32.1. The van der Waals surface area contributed by atoms with E-state index in [2.05, 4.69) is 22.4 Å². The number of hydrogen-bond donors (Lipinski definition) is 2. The number of anilines is 1. The normalized spacial score (nSPS) is 19.6. The molecule has 0 radical (unpaired) electrons. The summed E-state index contributed by atoms with van der Waals surface area (Å²) in [6.45, 7) is 0.623. The third-order valence-corrected chi connectivity index (χ3v) is 6.90. The first kappa shape index (κ1) is 20.7. The zero-order valence-corrected chi connectivity index (χ0v) is 17.9. The highest BCUT2D eigenvalue weighted by Gasteiger charge is 2.31. The van der Waals surface area contributed by atoms with Crippen LogP contribution in [-0.4, -0.2) is 47.2 Å². The Morgan fingerprint density at radius 1 is 1.23 bits per heavy atom. The van der Waals surface area contributed by atoms with Crippen molar-refractivity contribution >= 4 is 28.5 Å². The lowest BCUT2D eigenvalue weighted by atomic mass is 9.83. The summed E-state index contributed by atoms with van der Waals surface area (Å²) >= 11 is 1.37. The number of methoxy groups -OCH3 is 1. The molecule has 1 aliphatic carbocycles. The van der Waals surface area contributed by atoms with Crippen LogP contribution in [0.2, 0.25) is 0 Å². The zero-order valence-electron chi connectivity index (χ0n) is 17.1. The van der Waals surface area contributed by atoms with E-state index in [1.807, 2.05) is 11.4 Å². The van der Waals surface area contributed by atoms with Crippen LogP contribution in [0.4, 0.5) is 9.93 Å². The molecule has 2 amide bonds. The molecular weight excluding hydrogens is 402 g/mol. The van der Waals surface area contributed by atoms with Crippen LogP contribution < -0.4 is 10.1 Å². The first-order chi connectivity index (χ1) is 14.5. The van der Waals surface area contributed by atoms with E-state index >= 15 is 0 Å². The van der Waals surface area contributed by atoms with Crippen LogP contribution in [0, 0.1) is 5.92 Å². The number of carboxylic acid groups (broad SMARTS) is 1. The van der Waals surface area contributed by atoms with Gasteiger partial charge in [-0.15, -0.1) is 11.3 Å². The maximum Gasteiger partial charge on any atom is 0.407 e. The smallest absolute Gasteiger partial charge is 0.407 e. The van der Waals surface area contributed by atoms with Crippen molar-refractivity contribution in [2.24, 2.45) is 5.92 Å². The summed E-state index contributed by atoms with van der Waals surface area (Å²) in [5, 5.41) is 14.4. The fourth-order valence-corrected chi connectivity index (χ4v) is 5.14. The van der Waals surface area contributed by atoms with Gasteiger partial charge in [-0.1, -0.05) is 25.3 Å². The third-order valence-electron chi connectivity index (χ3n) is 6.14. The summed E-state index contributed by atoms with van der Waals surface area (Å²) in [4.78, 5) is 29.5. The highest BCUT2D eigenvalue weighted by molar-refractivity contribution is 7.14. The summed E-state index contributed by atoms with van der Waals surface area (Å²) in [5.41, 5.74) is 3.04. The molecule has 2 N–H and O–H groups in total. The Morgan fingerprint density at radius 2 is 2.03 bits per heavy atom. The Morgan fingerprint density at radius 3 is 2.73 bits per heavy atom.